The van der Waals surface area contributed by atoms with Gasteiger partial charge in [0.05, 0.1) is 6.10 Å². The molecule has 94 valence electrons. The first-order valence-corrected chi connectivity index (χ1v) is 7.12. The van der Waals surface area contributed by atoms with Crippen molar-refractivity contribution < 1.29 is 4.74 Å². The van der Waals surface area contributed by atoms with E-state index in [1.807, 2.05) is 0 Å². The van der Waals surface area contributed by atoms with Crippen LogP contribution in [-0.2, 0) is 4.74 Å². The van der Waals surface area contributed by atoms with Gasteiger partial charge in [-0.25, -0.2) is 0 Å². The van der Waals surface area contributed by atoms with Crippen molar-refractivity contribution in [1.29, 1.82) is 0 Å². The van der Waals surface area contributed by atoms with Crippen molar-refractivity contribution in [3.8, 4) is 0 Å². The summed E-state index contributed by atoms with van der Waals surface area (Å²) in [5, 5.41) is 3.75. The molecule has 0 spiro atoms. The van der Waals surface area contributed by atoms with E-state index in [0.717, 1.165) is 31.0 Å². The van der Waals surface area contributed by atoms with Crippen LogP contribution in [0.1, 0.15) is 52.4 Å². The average molecular weight is 225 g/mol. The maximum atomic E-state index is 5.77. The molecule has 0 aromatic carbocycles. The van der Waals surface area contributed by atoms with Gasteiger partial charge in [-0.2, -0.15) is 0 Å². The predicted molar refractivity (Wildman–Crippen MR) is 67.6 cm³/mol. The Morgan fingerprint density at radius 2 is 1.94 bits per heavy atom. The monoisotopic (exact) mass is 225 g/mol. The summed E-state index contributed by atoms with van der Waals surface area (Å²) >= 11 is 0. The first-order valence-electron chi connectivity index (χ1n) is 7.12. The highest BCUT2D eigenvalue weighted by Crippen LogP contribution is 2.29. The van der Waals surface area contributed by atoms with Gasteiger partial charge in [-0.3, -0.25) is 0 Å². The Morgan fingerprint density at radius 3 is 2.69 bits per heavy atom. The van der Waals surface area contributed by atoms with E-state index < -0.39 is 0 Å². The molecule has 1 aliphatic heterocycles. The maximum absolute atomic E-state index is 5.77. The molecule has 2 fully saturated rings. The van der Waals surface area contributed by atoms with E-state index in [-0.39, 0.29) is 0 Å². The van der Waals surface area contributed by atoms with Gasteiger partial charge in [0.25, 0.3) is 0 Å². The number of ether oxygens (including phenoxy) is 1. The average Bonchev–Trinajstić information content (AvgIpc) is 2.32. The molecule has 0 bridgehead atoms. The lowest BCUT2D eigenvalue weighted by Gasteiger charge is -2.36. The quantitative estimate of drug-likeness (QED) is 0.797. The van der Waals surface area contributed by atoms with Crippen molar-refractivity contribution in [2.24, 2.45) is 11.8 Å². The lowest BCUT2D eigenvalue weighted by molar-refractivity contribution is 0.0124. The molecule has 0 aromatic rings. The van der Waals surface area contributed by atoms with E-state index in [9.17, 15) is 0 Å². The third kappa shape index (κ3) is 3.21. The molecule has 0 amide bonds. The number of nitrogens with one attached hydrogen (secondary N) is 1. The maximum Gasteiger partial charge on any atom is 0.0699 e. The zero-order valence-corrected chi connectivity index (χ0v) is 10.9. The fraction of sp³-hybridized carbons (Fsp3) is 1.00. The van der Waals surface area contributed by atoms with Gasteiger partial charge >= 0.3 is 0 Å². The highest BCUT2D eigenvalue weighted by Gasteiger charge is 2.27. The molecule has 0 radical (unpaired) electrons. The van der Waals surface area contributed by atoms with E-state index in [4.69, 9.17) is 4.74 Å². The van der Waals surface area contributed by atoms with E-state index in [0.29, 0.717) is 6.10 Å². The summed E-state index contributed by atoms with van der Waals surface area (Å²) in [7, 11) is 0. The fourth-order valence-electron chi connectivity index (χ4n) is 3.12. The number of hydrogen-bond donors (Lipinski definition) is 1. The van der Waals surface area contributed by atoms with Gasteiger partial charge in [-0.15, -0.1) is 0 Å². The Balaban J connectivity index is 1.71. The van der Waals surface area contributed by atoms with Crippen molar-refractivity contribution in [2.45, 2.75) is 64.5 Å². The second-order valence-electron chi connectivity index (χ2n) is 5.77. The van der Waals surface area contributed by atoms with Crippen LogP contribution in [0.3, 0.4) is 0 Å². The molecule has 4 unspecified atom stereocenters. The molecule has 1 saturated heterocycles. The minimum atomic E-state index is 0.484. The summed E-state index contributed by atoms with van der Waals surface area (Å²) < 4.78 is 5.77. The summed E-state index contributed by atoms with van der Waals surface area (Å²) in [4.78, 5) is 0. The van der Waals surface area contributed by atoms with E-state index in [1.54, 1.807) is 0 Å². The second kappa shape index (κ2) is 6.02. The molecular formula is C14H27NO. The molecule has 1 N–H and O–H groups in total. The van der Waals surface area contributed by atoms with Gasteiger partial charge in [0.1, 0.15) is 0 Å². The molecule has 16 heavy (non-hydrogen) atoms. The first-order chi connectivity index (χ1) is 7.77. The molecule has 4 atom stereocenters. The Labute approximate surface area is 100 Å². The number of rotatable bonds is 3. The van der Waals surface area contributed by atoms with Gasteiger partial charge < -0.3 is 10.1 Å². The Morgan fingerprint density at radius 1 is 1.06 bits per heavy atom. The zero-order chi connectivity index (χ0) is 11.4. The molecule has 2 rings (SSSR count). The van der Waals surface area contributed by atoms with Gasteiger partial charge in [0.2, 0.25) is 0 Å². The Hall–Kier alpha value is -0.0800. The van der Waals surface area contributed by atoms with Crippen molar-refractivity contribution in [1.82, 2.24) is 5.32 Å². The Kier molecular flexibility index (Phi) is 4.66. The van der Waals surface area contributed by atoms with Crippen molar-refractivity contribution in [3.63, 3.8) is 0 Å². The first kappa shape index (κ1) is 12.4. The molecule has 2 aliphatic rings. The summed E-state index contributed by atoms with van der Waals surface area (Å²) in [6, 6.07) is 0.731. The van der Waals surface area contributed by atoms with Crippen LogP contribution in [-0.4, -0.2) is 25.3 Å². The molecule has 1 heterocycles. The topological polar surface area (TPSA) is 21.3 Å². The fourth-order valence-corrected chi connectivity index (χ4v) is 3.12. The second-order valence-corrected chi connectivity index (χ2v) is 5.77. The van der Waals surface area contributed by atoms with Crippen molar-refractivity contribution in [2.75, 3.05) is 13.2 Å². The lowest BCUT2D eigenvalue weighted by atomic mass is 9.78. The van der Waals surface area contributed by atoms with Crippen molar-refractivity contribution >= 4 is 0 Å². The van der Waals surface area contributed by atoms with E-state index >= 15 is 0 Å². The van der Waals surface area contributed by atoms with Crippen LogP contribution in [0.2, 0.25) is 0 Å². The third-order valence-corrected chi connectivity index (χ3v) is 4.59. The molecule has 2 nitrogen and oxygen atoms in total. The number of hydrogen-bond acceptors (Lipinski definition) is 2. The van der Waals surface area contributed by atoms with Crippen LogP contribution < -0.4 is 5.32 Å². The normalized spacial score (nSPS) is 40.9. The van der Waals surface area contributed by atoms with Crippen LogP contribution in [0.25, 0.3) is 0 Å². The van der Waals surface area contributed by atoms with Crippen LogP contribution >= 0.6 is 0 Å². The lowest BCUT2D eigenvalue weighted by Crippen LogP contribution is -2.44. The van der Waals surface area contributed by atoms with Crippen molar-refractivity contribution in [3.05, 3.63) is 0 Å². The molecule has 1 aliphatic carbocycles. The molecule has 1 saturated carbocycles. The highest BCUT2D eigenvalue weighted by atomic mass is 16.5. The molecule has 2 heteroatoms. The van der Waals surface area contributed by atoms with E-state index in [2.05, 4.69) is 19.2 Å². The summed E-state index contributed by atoms with van der Waals surface area (Å²) in [5.41, 5.74) is 0. The molecular weight excluding hydrogens is 198 g/mol. The zero-order valence-electron chi connectivity index (χ0n) is 10.9. The van der Waals surface area contributed by atoms with Crippen LogP contribution in [0, 0.1) is 11.8 Å². The molecule has 0 aromatic heterocycles. The standard InChI is InChI=1S/C14H27NO/c1-11-6-5-8-14(12(11)2)15-10-13-7-3-4-9-16-13/h11-15H,3-10H2,1-2H3. The predicted octanol–water partition coefficient (Wildman–Crippen LogP) is 2.97. The highest BCUT2D eigenvalue weighted by molar-refractivity contribution is 4.83. The minimum absolute atomic E-state index is 0.484. The Bertz CT molecular complexity index is 201. The van der Waals surface area contributed by atoms with E-state index in [1.165, 1.54) is 38.5 Å². The van der Waals surface area contributed by atoms with Crippen LogP contribution in [0.4, 0.5) is 0 Å². The minimum Gasteiger partial charge on any atom is -0.377 e. The van der Waals surface area contributed by atoms with Crippen LogP contribution in [0.15, 0.2) is 0 Å². The SMILES string of the molecule is CC1CCCC(NCC2CCCCO2)C1C. The van der Waals surface area contributed by atoms with Gasteiger partial charge in [-0.05, 0) is 37.5 Å². The third-order valence-electron chi connectivity index (χ3n) is 4.59. The summed E-state index contributed by atoms with van der Waals surface area (Å²) in [5.74, 6) is 1.72. The van der Waals surface area contributed by atoms with Gasteiger partial charge in [-0.1, -0.05) is 26.7 Å². The summed E-state index contributed by atoms with van der Waals surface area (Å²) in [6.07, 6.45) is 8.52. The van der Waals surface area contributed by atoms with Crippen LogP contribution in [0.5, 0.6) is 0 Å². The largest absolute Gasteiger partial charge is 0.377 e. The smallest absolute Gasteiger partial charge is 0.0699 e. The van der Waals surface area contributed by atoms with Gasteiger partial charge in [0.15, 0.2) is 0 Å². The van der Waals surface area contributed by atoms with Gasteiger partial charge in [0, 0.05) is 19.2 Å². The summed E-state index contributed by atoms with van der Waals surface area (Å²) in [6.45, 7) is 6.85.